The Morgan fingerprint density at radius 1 is 1.23 bits per heavy atom. The van der Waals surface area contributed by atoms with E-state index in [0.717, 1.165) is 16.5 Å². The minimum Gasteiger partial charge on any atom is -0.383 e. The van der Waals surface area contributed by atoms with Gasteiger partial charge in [-0.2, -0.15) is 10.4 Å². The van der Waals surface area contributed by atoms with Gasteiger partial charge in [-0.1, -0.05) is 36.5 Å². The fraction of sp³-hybridized carbons (Fsp3) is 0.222. The number of benzene rings is 2. The van der Waals surface area contributed by atoms with Crippen LogP contribution < -0.4 is 0 Å². The number of carbonyl (C=O) groups excluding carboxylic acids is 1. The van der Waals surface area contributed by atoms with Crippen LogP contribution in [-0.4, -0.2) is 53.7 Å². The summed E-state index contributed by atoms with van der Waals surface area (Å²) < 4.78 is 31.5. The van der Waals surface area contributed by atoms with E-state index in [4.69, 9.17) is 5.26 Å². The first kappa shape index (κ1) is 26.1. The van der Waals surface area contributed by atoms with Gasteiger partial charge in [0, 0.05) is 43.5 Å². The van der Waals surface area contributed by atoms with E-state index in [-0.39, 0.29) is 30.3 Å². The van der Waals surface area contributed by atoms with E-state index in [1.807, 2.05) is 18.3 Å². The van der Waals surface area contributed by atoms with Crippen LogP contribution in [0.2, 0.25) is 0 Å². The molecule has 5 aromatic rings. The van der Waals surface area contributed by atoms with E-state index in [9.17, 15) is 18.7 Å². The molecule has 0 fully saturated rings. The number of hydrogen-bond acceptors (Lipinski definition) is 7. The van der Waals surface area contributed by atoms with Crippen molar-refractivity contribution < 1.29 is 18.7 Å². The van der Waals surface area contributed by atoms with Crippen molar-refractivity contribution in [1.29, 1.82) is 5.26 Å². The predicted octanol–water partition coefficient (Wildman–Crippen LogP) is 4.10. The zero-order chi connectivity index (χ0) is 27.7. The number of carbonyl (C=O) groups is 1. The summed E-state index contributed by atoms with van der Waals surface area (Å²) in [6.07, 6.45) is 6.17. The van der Waals surface area contributed by atoms with Gasteiger partial charge < -0.3 is 10.0 Å². The van der Waals surface area contributed by atoms with Crippen molar-refractivity contribution in [3.05, 3.63) is 96.0 Å². The third kappa shape index (κ3) is 5.14. The van der Waals surface area contributed by atoms with Crippen molar-refractivity contribution in [2.45, 2.75) is 19.1 Å². The number of fused-ring (bicyclic) bond motifs is 1. The molecule has 0 aliphatic rings. The number of nitriles is 1. The molecule has 0 saturated carbocycles. The zero-order valence-corrected chi connectivity index (χ0v) is 21.8. The molecule has 0 bridgehead atoms. The first-order chi connectivity index (χ1) is 18.7. The molecule has 0 aliphatic heterocycles. The second kappa shape index (κ2) is 10.4. The molecular formula is C27H23F2N7O2S. The van der Waals surface area contributed by atoms with Gasteiger partial charge >= 0.3 is 0 Å². The largest absolute Gasteiger partial charge is 0.383 e. The maximum atomic E-state index is 14.8. The van der Waals surface area contributed by atoms with Gasteiger partial charge in [-0.05, 0) is 23.8 Å². The molecule has 39 heavy (non-hydrogen) atoms. The van der Waals surface area contributed by atoms with Gasteiger partial charge in [0.15, 0.2) is 4.96 Å². The fourth-order valence-corrected chi connectivity index (χ4v) is 5.46. The van der Waals surface area contributed by atoms with Gasteiger partial charge in [0.2, 0.25) is 0 Å². The highest BCUT2D eigenvalue weighted by molar-refractivity contribution is 7.20. The Morgan fingerprint density at radius 3 is 2.64 bits per heavy atom. The Morgan fingerprint density at radius 2 is 2.00 bits per heavy atom. The van der Waals surface area contributed by atoms with E-state index >= 15 is 0 Å². The summed E-state index contributed by atoms with van der Waals surface area (Å²) in [6, 6.07) is 12.3. The van der Waals surface area contributed by atoms with Crippen molar-refractivity contribution in [3.63, 3.8) is 0 Å². The van der Waals surface area contributed by atoms with Crippen LogP contribution >= 0.6 is 11.3 Å². The second-order valence-corrected chi connectivity index (χ2v) is 10.3. The molecule has 5 rings (SSSR count). The van der Waals surface area contributed by atoms with Gasteiger partial charge in [-0.25, -0.2) is 23.4 Å². The number of aromatic nitrogens is 5. The molecule has 0 spiro atoms. The summed E-state index contributed by atoms with van der Waals surface area (Å²) in [4.78, 5) is 24.6. The number of aliphatic hydroxyl groups is 1. The standard InChI is InChI=1S/C27H23F2N7O2S/c1-17(27(38,14-36-16-31-15-32-36)21-8-7-20(28)9-22(21)29)11-34(2)25(37)23-12-35-13-24(39-26(35)33-23)19-5-3-18(10-30)4-6-19/h3-9,12-13,15-17,38H,11,14H2,1-2H3/t17-,27+/m0/s1. The molecule has 0 unspecified atom stereocenters. The van der Waals surface area contributed by atoms with Gasteiger partial charge in [-0.3, -0.25) is 9.20 Å². The Bertz CT molecular complexity index is 1640. The lowest BCUT2D eigenvalue weighted by Gasteiger charge is -2.36. The van der Waals surface area contributed by atoms with Crippen LogP contribution in [0.15, 0.2) is 67.5 Å². The highest BCUT2D eigenvalue weighted by Crippen LogP contribution is 2.35. The first-order valence-electron chi connectivity index (χ1n) is 11.9. The van der Waals surface area contributed by atoms with Crippen LogP contribution in [0.3, 0.4) is 0 Å². The van der Waals surface area contributed by atoms with Gasteiger partial charge in [-0.15, -0.1) is 0 Å². The zero-order valence-electron chi connectivity index (χ0n) is 21.0. The van der Waals surface area contributed by atoms with Crippen molar-refractivity contribution in [2.24, 2.45) is 5.92 Å². The van der Waals surface area contributed by atoms with E-state index in [2.05, 4.69) is 21.1 Å². The molecule has 1 amide bonds. The molecule has 9 nitrogen and oxygen atoms in total. The Labute approximate surface area is 226 Å². The topological polar surface area (TPSA) is 112 Å². The van der Waals surface area contributed by atoms with E-state index in [1.54, 1.807) is 36.7 Å². The van der Waals surface area contributed by atoms with Crippen LogP contribution in [0.25, 0.3) is 15.4 Å². The van der Waals surface area contributed by atoms with Crippen LogP contribution in [0.4, 0.5) is 8.78 Å². The number of amides is 1. The molecule has 12 heteroatoms. The highest BCUT2D eigenvalue weighted by Gasteiger charge is 2.40. The van der Waals surface area contributed by atoms with Gasteiger partial charge in [0.1, 0.15) is 35.6 Å². The van der Waals surface area contributed by atoms with Crippen molar-refractivity contribution in [2.75, 3.05) is 13.6 Å². The van der Waals surface area contributed by atoms with Gasteiger partial charge in [0.25, 0.3) is 5.91 Å². The fourth-order valence-electron chi connectivity index (χ4n) is 4.49. The summed E-state index contributed by atoms with van der Waals surface area (Å²) in [5.41, 5.74) is -0.214. The Hall–Kier alpha value is -4.47. The lowest BCUT2D eigenvalue weighted by atomic mass is 9.81. The average molecular weight is 548 g/mol. The molecule has 0 saturated heterocycles. The molecule has 3 heterocycles. The van der Waals surface area contributed by atoms with E-state index in [0.29, 0.717) is 16.6 Å². The third-order valence-corrected chi connectivity index (χ3v) is 7.70. The number of imidazole rings is 1. The average Bonchev–Trinajstić information content (AvgIpc) is 3.65. The highest BCUT2D eigenvalue weighted by atomic mass is 32.1. The number of rotatable bonds is 8. The normalized spacial score (nSPS) is 13.6. The van der Waals surface area contributed by atoms with E-state index < -0.39 is 23.2 Å². The summed E-state index contributed by atoms with van der Waals surface area (Å²) in [7, 11) is 1.57. The smallest absolute Gasteiger partial charge is 0.273 e. The summed E-state index contributed by atoms with van der Waals surface area (Å²) in [5.74, 6) is -2.73. The van der Waals surface area contributed by atoms with Crippen LogP contribution in [0.1, 0.15) is 28.5 Å². The minimum atomic E-state index is -1.83. The monoisotopic (exact) mass is 547 g/mol. The molecule has 1 N–H and O–H groups in total. The van der Waals surface area contributed by atoms with Crippen molar-refractivity contribution in [3.8, 4) is 16.5 Å². The molecular weight excluding hydrogens is 524 g/mol. The number of hydrogen-bond donors (Lipinski definition) is 1. The molecule has 0 radical (unpaired) electrons. The maximum absolute atomic E-state index is 14.8. The lowest BCUT2D eigenvalue weighted by molar-refractivity contribution is -0.0458. The number of thiazole rings is 1. The van der Waals surface area contributed by atoms with Crippen LogP contribution in [0.5, 0.6) is 0 Å². The molecule has 2 aromatic carbocycles. The summed E-state index contributed by atoms with van der Waals surface area (Å²) >= 11 is 1.40. The third-order valence-electron chi connectivity index (χ3n) is 6.65. The first-order valence-corrected chi connectivity index (χ1v) is 12.7. The number of nitrogens with zero attached hydrogens (tertiary/aromatic N) is 7. The van der Waals surface area contributed by atoms with Crippen LogP contribution in [0, 0.1) is 28.9 Å². The quantitative estimate of drug-likeness (QED) is 0.313. The van der Waals surface area contributed by atoms with Crippen molar-refractivity contribution >= 4 is 22.2 Å². The maximum Gasteiger partial charge on any atom is 0.273 e. The molecule has 198 valence electrons. The van der Waals surface area contributed by atoms with Gasteiger partial charge in [0.05, 0.1) is 23.1 Å². The summed E-state index contributed by atoms with van der Waals surface area (Å²) in [5, 5.41) is 24.7. The Balaban J connectivity index is 1.36. The lowest BCUT2D eigenvalue weighted by Crippen LogP contribution is -2.45. The SMILES string of the molecule is C[C@@H](CN(C)C(=O)c1cn2cc(-c3ccc(C#N)cc3)sc2n1)[C@](O)(Cn1cncn1)c1ccc(F)cc1F. The molecule has 2 atom stereocenters. The van der Waals surface area contributed by atoms with E-state index in [1.165, 1.54) is 39.6 Å². The summed E-state index contributed by atoms with van der Waals surface area (Å²) in [6.45, 7) is 1.57. The Kier molecular flexibility index (Phi) is 6.94. The molecule has 0 aliphatic carbocycles. The number of halogens is 2. The minimum absolute atomic E-state index is 0.0442. The second-order valence-electron chi connectivity index (χ2n) is 9.33. The molecule has 3 aromatic heterocycles. The predicted molar refractivity (Wildman–Crippen MR) is 140 cm³/mol. The van der Waals surface area contributed by atoms with Crippen molar-refractivity contribution in [1.82, 2.24) is 29.0 Å². The van der Waals surface area contributed by atoms with Crippen LogP contribution in [-0.2, 0) is 12.1 Å².